The van der Waals surface area contributed by atoms with Crippen molar-refractivity contribution in [3.05, 3.63) is 70.6 Å². The van der Waals surface area contributed by atoms with Crippen molar-refractivity contribution in [1.29, 1.82) is 0 Å². The fourth-order valence-electron chi connectivity index (χ4n) is 3.08. The minimum absolute atomic E-state index is 0.0526. The van der Waals surface area contributed by atoms with Crippen molar-refractivity contribution in [2.75, 3.05) is 12.4 Å². The summed E-state index contributed by atoms with van der Waals surface area (Å²) in [6, 6.07) is 14.9. The molecule has 1 aromatic heterocycles. The molecule has 8 heteroatoms. The van der Waals surface area contributed by atoms with Gasteiger partial charge in [-0.2, -0.15) is 5.10 Å². The van der Waals surface area contributed by atoms with Crippen molar-refractivity contribution in [3.63, 3.8) is 0 Å². The van der Waals surface area contributed by atoms with E-state index in [1.54, 1.807) is 42.5 Å². The number of hydrogen-bond acceptors (Lipinski definition) is 6. The fourth-order valence-corrected chi connectivity index (χ4v) is 4.39. The third-order valence-electron chi connectivity index (χ3n) is 4.49. The quantitative estimate of drug-likeness (QED) is 0.404. The number of rotatable bonds is 8. The number of benzene rings is 2. The normalized spacial score (nSPS) is 11.7. The van der Waals surface area contributed by atoms with E-state index in [2.05, 4.69) is 5.10 Å². The highest BCUT2D eigenvalue weighted by molar-refractivity contribution is 7.91. The Morgan fingerprint density at radius 2 is 1.67 bits per heavy atom. The molecule has 0 unspecified atom stereocenters. The average molecular weight is 429 g/mol. The Balaban J connectivity index is 1.74. The summed E-state index contributed by atoms with van der Waals surface area (Å²) in [5.74, 6) is -0.644. The molecule has 0 aliphatic rings. The van der Waals surface area contributed by atoms with Crippen LogP contribution in [-0.4, -0.2) is 36.5 Å². The number of fused-ring (bicyclic) bond motifs is 1. The van der Waals surface area contributed by atoms with Gasteiger partial charge in [-0.3, -0.25) is 4.79 Å². The van der Waals surface area contributed by atoms with Gasteiger partial charge in [0.2, 0.25) is 0 Å². The molecule has 30 heavy (non-hydrogen) atoms. The van der Waals surface area contributed by atoms with Gasteiger partial charge in [0, 0.05) is 11.9 Å². The summed E-state index contributed by atoms with van der Waals surface area (Å²) in [6.07, 6.45) is 0.159. The summed E-state index contributed by atoms with van der Waals surface area (Å²) < 4.78 is 31.2. The van der Waals surface area contributed by atoms with Crippen LogP contribution in [0.3, 0.4) is 0 Å². The number of nitrogens with zero attached hydrogens (tertiary/aromatic N) is 2. The van der Waals surface area contributed by atoms with Gasteiger partial charge in [-0.05, 0) is 30.5 Å². The van der Waals surface area contributed by atoms with E-state index in [0.29, 0.717) is 17.3 Å². The summed E-state index contributed by atoms with van der Waals surface area (Å²) in [6.45, 7) is 4.21. The zero-order chi connectivity index (χ0) is 21.7. The van der Waals surface area contributed by atoms with Crippen LogP contribution in [0.25, 0.3) is 10.8 Å². The Bertz CT molecular complexity index is 1200. The van der Waals surface area contributed by atoms with Crippen molar-refractivity contribution >= 4 is 26.6 Å². The van der Waals surface area contributed by atoms with E-state index in [0.717, 1.165) is 0 Å². The number of carbonyl (C=O) groups excluding carboxylic acids is 1. The van der Waals surface area contributed by atoms with Crippen molar-refractivity contribution in [2.24, 2.45) is 5.92 Å². The molecule has 3 rings (SSSR count). The predicted octanol–water partition coefficient (Wildman–Crippen LogP) is 3.07. The molecule has 2 aromatic carbocycles. The first kappa shape index (κ1) is 21.7. The van der Waals surface area contributed by atoms with Crippen LogP contribution in [0.15, 0.2) is 64.3 Å². The van der Waals surface area contributed by atoms with E-state index in [9.17, 15) is 18.0 Å². The van der Waals surface area contributed by atoms with Crippen LogP contribution in [0, 0.1) is 5.92 Å². The maximum Gasteiger partial charge on any atom is 0.359 e. The lowest BCUT2D eigenvalue weighted by atomic mass is 10.1. The Labute approximate surface area is 175 Å². The Kier molecular flexibility index (Phi) is 6.66. The second-order valence-electron chi connectivity index (χ2n) is 7.40. The Morgan fingerprint density at radius 3 is 2.33 bits per heavy atom. The molecule has 0 spiro atoms. The summed E-state index contributed by atoms with van der Waals surface area (Å²) in [7, 11) is -3.44. The first-order valence-corrected chi connectivity index (χ1v) is 11.4. The largest absolute Gasteiger partial charge is 0.461 e. The highest BCUT2D eigenvalue weighted by Crippen LogP contribution is 2.15. The lowest BCUT2D eigenvalue weighted by Crippen LogP contribution is -2.28. The molecule has 158 valence electrons. The maximum atomic E-state index is 12.7. The Hall–Kier alpha value is -3.00. The van der Waals surface area contributed by atoms with Gasteiger partial charge in [-0.1, -0.05) is 50.2 Å². The standard InChI is InChI=1S/C22H24N2O5S/c1-16(2)15-24-21(25)19-12-7-6-11-18(19)20(23-24)22(26)29-13-8-14-30(27,28)17-9-4-3-5-10-17/h3-7,9-12,16H,8,13-15H2,1-2H3. The molecule has 0 aliphatic heterocycles. The summed E-state index contributed by atoms with van der Waals surface area (Å²) in [5, 5.41) is 5.04. The van der Waals surface area contributed by atoms with Crippen LogP contribution in [0.2, 0.25) is 0 Å². The molecule has 0 saturated carbocycles. The van der Waals surface area contributed by atoms with Gasteiger partial charge in [-0.15, -0.1) is 0 Å². The van der Waals surface area contributed by atoms with Gasteiger partial charge >= 0.3 is 5.97 Å². The summed E-state index contributed by atoms with van der Waals surface area (Å²) in [5.41, 5.74) is -0.207. The fraction of sp³-hybridized carbons (Fsp3) is 0.318. The van der Waals surface area contributed by atoms with Crippen LogP contribution in [-0.2, 0) is 21.1 Å². The van der Waals surface area contributed by atoms with Crippen molar-refractivity contribution in [2.45, 2.75) is 31.7 Å². The number of carbonyl (C=O) groups is 1. The van der Waals surface area contributed by atoms with Gasteiger partial charge in [0.15, 0.2) is 15.5 Å². The Morgan fingerprint density at radius 1 is 1.03 bits per heavy atom. The third-order valence-corrected chi connectivity index (χ3v) is 6.31. The molecule has 0 N–H and O–H groups in total. The molecule has 1 heterocycles. The van der Waals surface area contributed by atoms with Crippen LogP contribution >= 0.6 is 0 Å². The first-order chi connectivity index (χ1) is 14.3. The third kappa shape index (κ3) is 4.94. The predicted molar refractivity (Wildman–Crippen MR) is 114 cm³/mol. The number of esters is 1. The number of hydrogen-bond donors (Lipinski definition) is 0. The van der Waals surface area contributed by atoms with Gasteiger partial charge in [0.25, 0.3) is 5.56 Å². The minimum atomic E-state index is -3.44. The smallest absolute Gasteiger partial charge is 0.359 e. The van der Waals surface area contributed by atoms with Gasteiger partial charge in [0.05, 0.1) is 22.6 Å². The van der Waals surface area contributed by atoms with Crippen LogP contribution < -0.4 is 5.56 Å². The van der Waals surface area contributed by atoms with Gasteiger partial charge < -0.3 is 4.74 Å². The molecule has 0 saturated heterocycles. The molecule has 3 aromatic rings. The topological polar surface area (TPSA) is 95.3 Å². The van der Waals surface area contributed by atoms with Crippen LogP contribution in [0.4, 0.5) is 0 Å². The maximum absolute atomic E-state index is 12.7. The molecule has 0 bridgehead atoms. The SMILES string of the molecule is CC(C)Cn1nc(C(=O)OCCCS(=O)(=O)c2ccccc2)c2ccccc2c1=O. The lowest BCUT2D eigenvalue weighted by molar-refractivity contribution is 0.0498. The highest BCUT2D eigenvalue weighted by atomic mass is 32.2. The van der Waals surface area contributed by atoms with Gasteiger partial charge in [-0.25, -0.2) is 17.9 Å². The second kappa shape index (κ2) is 9.21. The molecule has 0 aliphatic carbocycles. The molecule has 7 nitrogen and oxygen atoms in total. The molecule has 0 fully saturated rings. The monoisotopic (exact) mass is 428 g/mol. The average Bonchev–Trinajstić information content (AvgIpc) is 2.73. The number of ether oxygens (including phenoxy) is 1. The highest BCUT2D eigenvalue weighted by Gasteiger charge is 2.19. The van der Waals surface area contributed by atoms with Crippen LogP contribution in [0.5, 0.6) is 0 Å². The minimum Gasteiger partial charge on any atom is -0.461 e. The van der Waals surface area contributed by atoms with Gasteiger partial charge in [0.1, 0.15) is 0 Å². The van der Waals surface area contributed by atoms with E-state index in [4.69, 9.17) is 4.74 Å². The van der Waals surface area contributed by atoms with Crippen molar-refractivity contribution in [1.82, 2.24) is 9.78 Å². The summed E-state index contributed by atoms with van der Waals surface area (Å²) >= 11 is 0. The zero-order valence-electron chi connectivity index (χ0n) is 16.9. The van der Waals surface area contributed by atoms with Crippen LogP contribution in [0.1, 0.15) is 30.8 Å². The van der Waals surface area contributed by atoms with E-state index >= 15 is 0 Å². The first-order valence-electron chi connectivity index (χ1n) is 9.74. The van der Waals surface area contributed by atoms with Crippen molar-refractivity contribution in [3.8, 4) is 0 Å². The van der Waals surface area contributed by atoms with E-state index in [1.165, 1.54) is 16.8 Å². The molecular formula is C22H24N2O5S. The lowest BCUT2D eigenvalue weighted by Gasteiger charge is -2.12. The molecule has 0 radical (unpaired) electrons. The molecule has 0 amide bonds. The van der Waals surface area contributed by atoms with E-state index in [1.807, 2.05) is 13.8 Å². The van der Waals surface area contributed by atoms with E-state index in [-0.39, 0.29) is 40.8 Å². The molecular weight excluding hydrogens is 404 g/mol. The molecule has 0 atom stereocenters. The second-order valence-corrected chi connectivity index (χ2v) is 9.51. The summed E-state index contributed by atoms with van der Waals surface area (Å²) in [4.78, 5) is 25.5. The number of aromatic nitrogens is 2. The number of sulfone groups is 1. The zero-order valence-corrected chi connectivity index (χ0v) is 17.8. The van der Waals surface area contributed by atoms with Crippen molar-refractivity contribution < 1.29 is 17.9 Å². The van der Waals surface area contributed by atoms with E-state index < -0.39 is 15.8 Å².